The minimum absolute atomic E-state index is 0.0364. The third kappa shape index (κ3) is 4.08. The maximum atomic E-state index is 13.4. The zero-order valence-corrected chi connectivity index (χ0v) is 17.9. The Morgan fingerprint density at radius 1 is 1.27 bits per heavy atom. The summed E-state index contributed by atoms with van der Waals surface area (Å²) in [5.41, 5.74) is 7.55. The number of nitrogens with two attached hydrogens (primary N) is 1. The van der Waals surface area contributed by atoms with Crippen molar-refractivity contribution >= 4 is 34.6 Å². The van der Waals surface area contributed by atoms with Crippen LogP contribution in [0.4, 0.5) is 13.6 Å². The molecule has 9 nitrogen and oxygen atoms in total. The number of carbonyl (C=O) groups excluding carboxylic acids is 2. The number of allylic oxidation sites excluding steroid dienone is 1. The molecule has 2 amide bonds. The van der Waals surface area contributed by atoms with Gasteiger partial charge < -0.3 is 19.9 Å². The molecule has 0 spiro atoms. The highest BCUT2D eigenvalue weighted by Crippen LogP contribution is 2.29. The number of hydrogen-bond donors (Lipinski definition) is 1. The molecule has 0 aliphatic carbocycles. The van der Waals surface area contributed by atoms with Crippen LogP contribution < -0.4 is 5.73 Å². The summed E-state index contributed by atoms with van der Waals surface area (Å²) in [5.74, 6) is -2.34. The van der Waals surface area contributed by atoms with Gasteiger partial charge in [0.15, 0.2) is 0 Å². The SMILES string of the molecule is NCC1CN(C2=NC=C(n3ccc4cc(C(=O)N5CCC(F)(F)CC5)cnc43)CC2)C(=O)O1. The highest BCUT2D eigenvalue weighted by Gasteiger charge is 2.36. The number of aliphatic imine (C=N–C) groups is 1. The molecule has 174 valence electrons. The Hall–Kier alpha value is -3.34. The van der Waals surface area contributed by atoms with Gasteiger partial charge in [0.25, 0.3) is 11.8 Å². The van der Waals surface area contributed by atoms with Crippen LogP contribution in [-0.2, 0) is 4.74 Å². The maximum Gasteiger partial charge on any atom is 0.415 e. The number of aromatic nitrogens is 2. The molecule has 2 aromatic rings. The molecular formula is C22H24F2N6O3. The van der Waals surface area contributed by atoms with Gasteiger partial charge in [-0.25, -0.2) is 23.6 Å². The van der Waals surface area contributed by atoms with E-state index in [-0.39, 0.29) is 44.5 Å². The summed E-state index contributed by atoms with van der Waals surface area (Å²) < 4.78 is 33.9. The lowest BCUT2D eigenvalue weighted by atomic mass is 10.1. The van der Waals surface area contributed by atoms with Crippen molar-refractivity contribution in [1.82, 2.24) is 19.4 Å². The number of amides is 2. The summed E-state index contributed by atoms with van der Waals surface area (Å²) in [6.07, 6.45) is 4.87. The Balaban J connectivity index is 1.33. The predicted molar refractivity (Wildman–Crippen MR) is 117 cm³/mol. The van der Waals surface area contributed by atoms with E-state index < -0.39 is 12.0 Å². The van der Waals surface area contributed by atoms with Crippen molar-refractivity contribution in [3.8, 4) is 0 Å². The Morgan fingerprint density at radius 3 is 2.73 bits per heavy atom. The van der Waals surface area contributed by atoms with Gasteiger partial charge in [-0.15, -0.1) is 0 Å². The Morgan fingerprint density at radius 2 is 2.06 bits per heavy atom. The molecule has 1 atom stereocenters. The number of cyclic esters (lactones) is 1. The van der Waals surface area contributed by atoms with E-state index in [4.69, 9.17) is 10.5 Å². The first-order valence-corrected chi connectivity index (χ1v) is 10.9. The summed E-state index contributed by atoms with van der Waals surface area (Å²) >= 11 is 0. The summed E-state index contributed by atoms with van der Waals surface area (Å²) in [4.78, 5) is 36.7. The van der Waals surface area contributed by atoms with Gasteiger partial charge in [-0.05, 0) is 18.6 Å². The van der Waals surface area contributed by atoms with Gasteiger partial charge in [0.2, 0.25) is 0 Å². The molecule has 2 aromatic heterocycles. The van der Waals surface area contributed by atoms with Gasteiger partial charge in [-0.3, -0.25) is 9.69 Å². The standard InChI is InChI=1S/C22H24F2N6O3/c23-22(24)4-7-28(8-5-22)20(31)15-9-14-3-6-29(19(14)27-11-15)16-1-2-18(26-12-16)30-13-17(10-25)33-21(30)32/h3,6,9,11-12,17H,1-2,4-5,7-8,10,13,25H2. The normalized spacial score (nSPS) is 22.9. The van der Waals surface area contributed by atoms with Crippen molar-refractivity contribution in [3.05, 3.63) is 36.3 Å². The average molecular weight is 458 g/mol. The van der Waals surface area contributed by atoms with Crippen LogP contribution in [0.1, 0.15) is 36.0 Å². The molecule has 1 unspecified atom stereocenters. The second-order valence-corrected chi connectivity index (χ2v) is 8.49. The minimum Gasteiger partial charge on any atom is -0.443 e. The molecule has 5 heterocycles. The van der Waals surface area contributed by atoms with Crippen LogP contribution in [0.3, 0.4) is 0 Å². The highest BCUT2D eigenvalue weighted by molar-refractivity contribution is 5.99. The van der Waals surface area contributed by atoms with E-state index in [1.54, 1.807) is 12.3 Å². The molecule has 3 aliphatic rings. The van der Waals surface area contributed by atoms with Gasteiger partial charge in [0.05, 0.1) is 12.1 Å². The monoisotopic (exact) mass is 458 g/mol. The summed E-state index contributed by atoms with van der Waals surface area (Å²) in [6, 6.07) is 3.59. The van der Waals surface area contributed by atoms with Crippen LogP contribution in [-0.4, -0.2) is 75.4 Å². The number of ether oxygens (including phenoxy) is 1. The van der Waals surface area contributed by atoms with Crippen LogP contribution in [0.5, 0.6) is 0 Å². The van der Waals surface area contributed by atoms with Crippen molar-refractivity contribution in [2.45, 2.75) is 37.7 Å². The Labute approximate surface area is 188 Å². The first kappa shape index (κ1) is 21.5. The molecule has 2 N–H and O–H groups in total. The summed E-state index contributed by atoms with van der Waals surface area (Å²) in [6.45, 7) is 0.743. The number of hydrogen-bond acceptors (Lipinski definition) is 6. The van der Waals surface area contributed by atoms with Crippen molar-refractivity contribution in [2.24, 2.45) is 10.7 Å². The fraction of sp³-hybridized carbons (Fsp3) is 0.455. The van der Waals surface area contributed by atoms with E-state index in [0.717, 1.165) is 11.1 Å². The molecule has 2 saturated heterocycles. The third-order valence-corrected chi connectivity index (χ3v) is 6.28. The van der Waals surface area contributed by atoms with Crippen molar-refractivity contribution < 1.29 is 23.1 Å². The predicted octanol–water partition coefficient (Wildman–Crippen LogP) is 2.68. The number of nitrogens with zero attached hydrogens (tertiary/aromatic N) is 5. The lowest BCUT2D eigenvalue weighted by Crippen LogP contribution is -2.42. The van der Waals surface area contributed by atoms with E-state index in [9.17, 15) is 18.4 Å². The number of fused-ring (bicyclic) bond motifs is 1. The number of amidine groups is 1. The largest absolute Gasteiger partial charge is 0.443 e. The number of rotatable bonds is 3. The van der Waals surface area contributed by atoms with E-state index >= 15 is 0 Å². The lowest BCUT2D eigenvalue weighted by Gasteiger charge is -2.31. The van der Waals surface area contributed by atoms with Gasteiger partial charge >= 0.3 is 6.09 Å². The number of halogens is 2. The molecule has 0 aromatic carbocycles. The molecular weight excluding hydrogens is 434 g/mol. The summed E-state index contributed by atoms with van der Waals surface area (Å²) in [5, 5.41) is 0.771. The van der Waals surface area contributed by atoms with Gasteiger partial charge in [0, 0.05) is 68.6 Å². The van der Waals surface area contributed by atoms with Crippen LogP contribution in [0, 0.1) is 0 Å². The number of carbonyl (C=O) groups is 2. The van der Waals surface area contributed by atoms with Gasteiger partial charge in [0.1, 0.15) is 17.6 Å². The fourth-order valence-electron chi connectivity index (χ4n) is 4.35. The lowest BCUT2D eigenvalue weighted by molar-refractivity contribution is -0.0494. The highest BCUT2D eigenvalue weighted by atomic mass is 19.3. The second-order valence-electron chi connectivity index (χ2n) is 8.49. The van der Waals surface area contributed by atoms with E-state index in [0.29, 0.717) is 36.4 Å². The molecule has 2 fully saturated rings. The van der Waals surface area contributed by atoms with Gasteiger partial charge in [-0.1, -0.05) is 0 Å². The number of piperidine rings is 1. The molecule has 33 heavy (non-hydrogen) atoms. The van der Waals surface area contributed by atoms with Gasteiger partial charge in [-0.2, -0.15) is 0 Å². The average Bonchev–Trinajstić information content (AvgIpc) is 3.41. The van der Waals surface area contributed by atoms with E-state index in [1.165, 1.54) is 16.0 Å². The Kier molecular flexibility index (Phi) is 5.35. The van der Waals surface area contributed by atoms with Crippen LogP contribution in [0.15, 0.2) is 35.7 Å². The number of alkyl halides is 2. The first-order chi connectivity index (χ1) is 15.8. The second kappa shape index (κ2) is 8.22. The topological polar surface area (TPSA) is 106 Å². The van der Waals surface area contributed by atoms with E-state index in [2.05, 4.69) is 9.98 Å². The molecule has 0 saturated carbocycles. The third-order valence-electron chi connectivity index (χ3n) is 6.28. The molecule has 11 heteroatoms. The van der Waals surface area contributed by atoms with Crippen LogP contribution >= 0.6 is 0 Å². The molecule has 5 rings (SSSR count). The molecule has 3 aliphatic heterocycles. The minimum atomic E-state index is -2.70. The summed E-state index contributed by atoms with van der Waals surface area (Å²) in [7, 11) is 0. The zero-order chi connectivity index (χ0) is 23.2. The Bertz CT molecular complexity index is 1160. The van der Waals surface area contributed by atoms with Crippen molar-refractivity contribution in [2.75, 3.05) is 26.2 Å². The maximum absolute atomic E-state index is 13.4. The van der Waals surface area contributed by atoms with Crippen LogP contribution in [0.25, 0.3) is 16.7 Å². The first-order valence-electron chi connectivity index (χ1n) is 10.9. The van der Waals surface area contributed by atoms with Crippen molar-refractivity contribution in [1.29, 1.82) is 0 Å². The fourth-order valence-corrected chi connectivity index (χ4v) is 4.35. The molecule has 0 bridgehead atoms. The van der Waals surface area contributed by atoms with Crippen LogP contribution in [0.2, 0.25) is 0 Å². The number of likely N-dealkylation sites (tertiary alicyclic amines) is 1. The van der Waals surface area contributed by atoms with E-state index in [1.807, 2.05) is 16.8 Å². The number of pyridine rings is 1. The van der Waals surface area contributed by atoms with Crippen molar-refractivity contribution in [3.63, 3.8) is 0 Å². The smallest absolute Gasteiger partial charge is 0.415 e. The quantitative estimate of drug-likeness (QED) is 0.761. The zero-order valence-electron chi connectivity index (χ0n) is 17.9. The molecule has 0 radical (unpaired) electrons.